The molecule has 1 aromatic carbocycles. The molecule has 1 aromatic heterocycles. The van der Waals surface area contributed by atoms with Gasteiger partial charge in [-0.15, -0.1) is 0 Å². The average molecular weight is 385 g/mol. The van der Waals surface area contributed by atoms with Crippen LogP contribution in [0.2, 0.25) is 0 Å². The van der Waals surface area contributed by atoms with Crippen LogP contribution in [0.4, 0.5) is 13.2 Å². The van der Waals surface area contributed by atoms with Crippen molar-refractivity contribution in [2.75, 3.05) is 20.3 Å². The number of aromatic nitrogens is 2. The molecule has 0 N–H and O–H groups in total. The molecule has 0 aliphatic carbocycles. The van der Waals surface area contributed by atoms with E-state index in [1.165, 1.54) is 0 Å². The van der Waals surface area contributed by atoms with Gasteiger partial charge in [0.15, 0.2) is 0 Å². The molecule has 2 rings (SSSR count). The Morgan fingerprint density at radius 3 is 2.52 bits per heavy atom. The molecular formula is C18H22F3N3O3. The highest BCUT2D eigenvalue weighted by Crippen LogP contribution is 2.29. The number of benzene rings is 1. The van der Waals surface area contributed by atoms with E-state index in [-0.39, 0.29) is 11.7 Å². The second-order valence-corrected chi connectivity index (χ2v) is 6.03. The molecule has 0 saturated heterocycles. The number of amides is 1. The first-order chi connectivity index (χ1) is 12.8. The summed E-state index contributed by atoms with van der Waals surface area (Å²) >= 11 is 0. The van der Waals surface area contributed by atoms with Gasteiger partial charge in [0.2, 0.25) is 11.7 Å². The van der Waals surface area contributed by atoms with E-state index in [4.69, 9.17) is 4.74 Å². The number of rotatable bonds is 9. The molecule has 0 fully saturated rings. The van der Waals surface area contributed by atoms with Gasteiger partial charge in [0.05, 0.1) is 0 Å². The number of nitrogens with zero attached hydrogens (tertiary/aromatic N) is 3. The lowest BCUT2D eigenvalue weighted by molar-refractivity contribution is -0.159. The van der Waals surface area contributed by atoms with Crippen molar-refractivity contribution in [3.05, 3.63) is 35.7 Å². The van der Waals surface area contributed by atoms with E-state index in [1.807, 2.05) is 6.92 Å². The number of alkyl halides is 3. The Bertz CT molecular complexity index is 729. The zero-order valence-corrected chi connectivity index (χ0v) is 15.3. The highest BCUT2D eigenvalue weighted by Gasteiger charge is 2.38. The number of halogens is 3. The van der Waals surface area contributed by atoms with Gasteiger partial charge in [-0.3, -0.25) is 4.79 Å². The molecule has 27 heavy (non-hydrogen) atoms. The molecule has 2 aromatic rings. The maximum absolute atomic E-state index is 12.5. The van der Waals surface area contributed by atoms with Crippen LogP contribution < -0.4 is 0 Å². The summed E-state index contributed by atoms with van der Waals surface area (Å²) in [6.45, 7) is 3.59. The number of carbonyl (C=O) groups is 1. The van der Waals surface area contributed by atoms with Crippen molar-refractivity contribution in [1.29, 1.82) is 0 Å². The zero-order valence-electron chi connectivity index (χ0n) is 15.3. The van der Waals surface area contributed by atoms with Crippen LogP contribution in [-0.4, -0.2) is 41.2 Å². The molecule has 1 heterocycles. The zero-order chi connectivity index (χ0) is 19.9. The second kappa shape index (κ2) is 9.50. The van der Waals surface area contributed by atoms with Gasteiger partial charge in [-0.05, 0) is 18.4 Å². The first-order valence-corrected chi connectivity index (χ1v) is 8.62. The molecule has 6 nitrogen and oxygen atoms in total. The molecule has 0 saturated carbocycles. The third kappa shape index (κ3) is 6.06. The summed E-state index contributed by atoms with van der Waals surface area (Å²) in [5.74, 6) is -1.46. The van der Waals surface area contributed by atoms with Crippen LogP contribution in [0.15, 0.2) is 28.8 Å². The predicted molar refractivity (Wildman–Crippen MR) is 91.6 cm³/mol. The van der Waals surface area contributed by atoms with Gasteiger partial charge in [-0.25, -0.2) is 0 Å². The van der Waals surface area contributed by atoms with Gasteiger partial charge in [0, 0.05) is 38.8 Å². The second-order valence-electron chi connectivity index (χ2n) is 6.03. The van der Waals surface area contributed by atoms with E-state index in [0.29, 0.717) is 38.1 Å². The van der Waals surface area contributed by atoms with Crippen molar-refractivity contribution >= 4 is 5.91 Å². The summed E-state index contributed by atoms with van der Waals surface area (Å²) in [5.41, 5.74) is 1.28. The lowest BCUT2D eigenvalue weighted by atomic mass is 10.1. The van der Waals surface area contributed by atoms with Crippen LogP contribution >= 0.6 is 0 Å². The number of carbonyl (C=O) groups excluding carboxylic acids is 1. The maximum Gasteiger partial charge on any atom is 0.471 e. The highest BCUT2D eigenvalue weighted by atomic mass is 19.4. The number of ether oxygens (including phenoxy) is 1. The summed E-state index contributed by atoms with van der Waals surface area (Å²) in [7, 11) is 1.59. The molecule has 0 aliphatic rings. The summed E-state index contributed by atoms with van der Waals surface area (Å²) in [6.07, 6.45) is -2.77. The minimum Gasteiger partial charge on any atom is -0.385 e. The molecule has 148 valence electrons. The molecule has 1 amide bonds. The Morgan fingerprint density at radius 1 is 1.26 bits per heavy atom. The van der Waals surface area contributed by atoms with Crippen molar-refractivity contribution < 1.29 is 27.2 Å². The Morgan fingerprint density at radius 2 is 1.96 bits per heavy atom. The fourth-order valence-corrected chi connectivity index (χ4v) is 2.52. The monoisotopic (exact) mass is 385 g/mol. The summed E-state index contributed by atoms with van der Waals surface area (Å²) in [4.78, 5) is 17.5. The summed E-state index contributed by atoms with van der Waals surface area (Å²) in [6, 6.07) is 6.70. The average Bonchev–Trinajstić information content (AvgIpc) is 3.12. The third-order valence-electron chi connectivity index (χ3n) is 3.84. The van der Waals surface area contributed by atoms with Gasteiger partial charge in [-0.2, -0.15) is 18.2 Å². The molecule has 0 bridgehead atoms. The van der Waals surface area contributed by atoms with Crippen LogP contribution in [0.5, 0.6) is 0 Å². The SMILES string of the molecule is CCCN(Cc1ccc(-c2noc(C(F)(F)F)n2)cc1)C(=O)CCCOC. The van der Waals surface area contributed by atoms with Crippen LogP contribution in [0.1, 0.15) is 37.6 Å². The number of hydrogen-bond donors (Lipinski definition) is 0. The molecule has 0 radical (unpaired) electrons. The van der Waals surface area contributed by atoms with Crippen molar-refractivity contribution in [3.8, 4) is 11.4 Å². The summed E-state index contributed by atoms with van der Waals surface area (Å²) < 4.78 is 46.8. The van der Waals surface area contributed by atoms with E-state index < -0.39 is 12.1 Å². The Hall–Kier alpha value is -2.42. The Labute approximate surface area is 155 Å². The molecule has 9 heteroatoms. The molecular weight excluding hydrogens is 363 g/mol. The molecule has 0 unspecified atom stereocenters. The van der Waals surface area contributed by atoms with Gasteiger partial charge >= 0.3 is 12.1 Å². The fraction of sp³-hybridized carbons (Fsp3) is 0.500. The van der Waals surface area contributed by atoms with Gasteiger partial charge in [-0.1, -0.05) is 36.3 Å². The Kier molecular flexibility index (Phi) is 7.35. The van der Waals surface area contributed by atoms with E-state index >= 15 is 0 Å². The quantitative estimate of drug-likeness (QED) is 0.612. The van der Waals surface area contributed by atoms with E-state index in [1.54, 1.807) is 36.3 Å². The molecule has 0 spiro atoms. The number of hydrogen-bond acceptors (Lipinski definition) is 5. The van der Waals surface area contributed by atoms with Gasteiger partial charge in [0.1, 0.15) is 0 Å². The van der Waals surface area contributed by atoms with Crippen molar-refractivity contribution in [3.63, 3.8) is 0 Å². The molecule has 0 atom stereocenters. The third-order valence-corrected chi connectivity index (χ3v) is 3.84. The summed E-state index contributed by atoms with van der Waals surface area (Å²) in [5, 5.41) is 3.36. The van der Waals surface area contributed by atoms with Crippen LogP contribution in [0.25, 0.3) is 11.4 Å². The minimum absolute atomic E-state index is 0.0472. The topological polar surface area (TPSA) is 68.5 Å². The molecule has 0 aliphatic heterocycles. The lowest BCUT2D eigenvalue weighted by Crippen LogP contribution is -2.31. The normalized spacial score (nSPS) is 11.6. The first-order valence-electron chi connectivity index (χ1n) is 8.62. The van der Waals surface area contributed by atoms with Crippen LogP contribution in [0, 0.1) is 0 Å². The number of methoxy groups -OCH3 is 1. The fourth-order valence-electron chi connectivity index (χ4n) is 2.52. The van der Waals surface area contributed by atoms with Crippen molar-refractivity contribution in [2.24, 2.45) is 0 Å². The van der Waals surface area contributed by atoms with Crippen LogP contribution in [-0.2, 0) is 22.3 Å². The largest absolute Gasteiger partial charge is 0.471 e. The maximum atomic E-state index is 12.5. The van der Waals surface area contributed by atoms with Gasteiger partial charge in [0.25, 0.3) is 0 Å². The van der Waals surface area contributed by atoms with Crippen molar-refractivity contribution in [2.45, 2.75) is 38.9 Å². The Balaban J connectivity index is 2.04. The predicted octanol–water partition coefficient (Wildman–Crippen LogP) is 3.92. The van der Waals surface area contributed by atoms with E-state index in [0.717, 1.165) is 12.0 Å². The van der Waals surface area contributed by atoms with Gasteiger partial charge < -0.3 is 14.2 Å². The minimum atomic E-state index is -4.67. The van der Waals surface area contributed by atoms with E-state index in [9.17, 15) is 18.0 Å². The van der Waals surface area contributed by atoms with E-state index in [2.05, 4.69) is 14.7 Å². The van der Waals surface area contributed by atoms with Crippen molar-refractivity contribution in [1.82, 2.24) is 15.0 Å². The lowest BCUT2D eigenvalue weighted by Gasteiger charge is -2.22. The van der Waals surface area contributed by atoms with Crippen LogP contribution in [0.3, 0.4) is 0 Å². The smallest absolute Gasteiger partial charge is 0.385 e. The standard InChI is InChI=1S/C18H22F3N3O3/c1-3-10-24(15(25)5-4-11-26-2)12-13-6-8-14(9-7-13)16-22-17(27-23-16)18(19,20)21/h6-9H,3-5,10-12H2,1-2H3. The highest BCUT2D eigenvalue weighted by molar-refractivity contribution is 5.76. The first kappa shape index (κ1) is 20.9.